The zero-order chi connectivity index (χ0) is 16.2. The fraction of sp³-hybridized carbons (Fsp3) is 0.385. The van der Waals surface area contributed by atoms with Gasteiger partial charge in [0.2, 0.25) is 0 Å². The number of carboxylic acid groups (broad SMARTS) is 1. The van der Waals surface area contributed by atoms with E-state index in [0.717, 1.165) is 0 Å². The lowest BCUT2D eigenvalue weighted by atomic mass is 10.0. The minimum absolute atomic E-state index is 0.00204. The molecule has 3 N–H and O–H groups in total. The summed E-state index contributed by atoms with van der Waals surface area (Å²) in [6.45, 7) is 3.36. The maximum absolute atomic E-state index is 11.6. The number of carbonyl (C=O) groups is 2. The molecule has 0 saturated heterocycles. The third kappa shape index (κ3) is 3.91. The first-order valence-electron chi connectivity index (χ1n) is 6.27. The van der Waals surface area contributed by atoms with Gasteiger partial charge in [0.1, 0.15) is 11.7 Å². The van der Waals surface area contributed by atoms with E-state index in [-0.39, 0.29) is 22.9 Å². The van der Waals surface area contributed by atoms with Gasteiger partial charge in [0.15, 0.2) is 0 Å². The van der Waals surface area contributed by atoms with Crippen molar-refractivity contribution in [2.24, 2.45) is 5.92 Å². The number of hydrogen-bond acceptors (Lipinski definition) is 5. The van der Waals surface area contributed by atoms with Crippen LogP contribution in [0.3, 0.4) is 0 Å². The molecular formula is C13H17N3O5. The number of aliphatic carboxylic acids is 1. The second-order valence-corrected chi connectivity index (χ2v) is 4.77. The number of rotatable bonds is 6. The number of benzene rings is 1. The van der Waals surface area contributed by atoms with Gasteiger partial charge in [0, 0.05) is 18.7 Å². The molecule has 1 amide bonds. The van der Waals surface area contributed by atoms with E-state index in [1.165, 1.54) is 25.2 Å². The van der Waals surface area contributed by atoms with E-state index in [2.05, 4.69) is 10.6 Å². The van der Waals surface area contributed by atoms with Crippen molar-refractivity contribution in [3.8, 4) is 0 Å². The van der Waals surface area contributed by atoms with Gasteiger partial charge in [-0.3, -0.25) is 14.9 Å². The molecule has 0 bridgehead atoms. The molecule has 0 aliphatic rings. The SMILES string of the molecule is CNC(=O)c1ccc([N+](=O)[O-])c(NC(C(=O)O)C(C)C)c1. The van der Waals surface area contributed by atoms with Crippen LogP contribution in [0.1, 0.15) is 24.2 Å². The molecule has 8 nitrogen and oxygen atoms in total. The maximum atomic E-state index is 11.6. The van der Waals surface area contributed by atoms with E-state index in [0.29, 0.717) is 0 Å². The fourth-order valence-corrected chi connectivity index (χ4v) is 1.78. The lowest BCUT2D eigenvalue weighted by molar-refractivity contribution is -0.384. The summed E-state index contributed by atoms with van der Waals surface area (Å²) in [5, 5.41) is 25.2. The summed E-state index contributed by atoms with van der Waals surface area (Å²) in [4.78, 5) is 33.1. The van der Waals surface area contributed by atoms with Crippen LogP contribution in [0.15, 0.2) is 18.2 Å². The molecule has 1 unspecified atom stereocenters. The lowest BCUT2D eigenvalue weighted by Crippen LogP contribution is -2.34. The first kappa shape index (κ1) is 16.4. The highest BCUT2D eigenvalue weighted by atomic mass is 16.6. The van der Waals surface area contributed by atoms with Crippen LogP contribution in [-0.4, -0.2) is 35.0 Å². The van der Waals surface area contributed by atoms with Crippen LogP contribution in [-0.2, 0) is 4.79 Å². The Labute approximate surface area is 121 Å². The average Bonchev–Trinajstić information content (AvgIpc) is 2.42. The highest BCUT2D eigenvalue weighted by Crippen LogP contribution is 2.27. The molecule has 1 atom stereocenters. The first-order chi connectivity index (χ1) is 9.77. The van der Waals surface area contributed by atoms with Crippen LogP contribution in [0.5, 0.6) is 0 Å². The van der Waals surface area contributed by atoms with E-state index < -0.39 is 22.8 Å². The molecule has 0 fully saturated rings. The summed E-state index contributed by atoms with van der Waals surface area (Å²) < 4.78 is 0. The second kappa shape index (κ2) is 6.69. The van der Waals surface area contributed by atoms with E-state index in [1.54, 1.807) is 13.8 Å². The molecule has 0 heterocycles. The Morgan fingerprint density at radius 2 is 1.95 bits per heavy atom. The van der Waals surface area contributed by atoms with Gasteiger partial charge >= 0.3 is 5.97 Å². The Kier molecular flexibility index (Phi) is 5.23. The van der Waals surface area contributed by atoms with Crippen molar-refractivity contribution in [1.82, 2.24) is 5.32 Å². The van der Waals surface area contributed by atoms with Gasteiger partial charge < -0.3 is 15.7 Å². The number of carboxylic acids is 1. The van der Waals surface area contributed by atoms with Crippen molar-refractivity contribution in [2.45, 2.75) is 19.9 Å². The van der Waals surface area contributed by atoms with Crippen molar-refractivity contribution in [3.63, 3.8) is 0 Å². The minimum atomic E-state index is -1.12. The molecule has 0 radical (unpaired) electrons. The molecule has 8 heteroatoms. The van der Waals surface area contributed by atoms with Gasteiger partial charge in [0.05, 0.1) is 4.92 Å². The number of amides is 1. The molecule has 0 saturated carbocycles. The lowest BCUT2D eigenvalue weighted by Gasteiger charge is -2.19. The number of nitrogens with one attached hydrogen (secondary N) is 2. The highest BCUT2D eigenvalue weighted by Gasteiger charge is 2.25. The van der Waals surface area contributed by atoms with E-state index in [9.17, 15) is 19.7 Å². The molecule has 0 aliphatic heterocycles. The number of anilines is 1. The van der Waals surface area contributed by atoms with Crippen LogP contribution in [0.2, 0.25) is 0 Å². The monoisotopic (exact) mass is 295 g/mol. The Balaban J connectivity index is 3.26. The molecule has 21 heavy (non-hydrogen) atoms. The number of nitrogens with zero attached hydrogens (tertiary/aromatic N) is 1. The zero-order valence-corrected chi connectivity index (χ0v) is 11.9. The smallest absolute Gasteiger partial charge is 0.326 e. The van der Waals surface area contributed by atoms with Gasteiger partial charge in [-0.25, -0.2) is 4.79 Å². The van der Waals surface area contributed by atoms with Crippen molar-refractivity contribution in [1.29, 1.82) is 0 Å². The Morgan fingerprint density at radius 3 is 2.38 bits per heavy atom. The molecule has 114 valence electrons. The van der Waals surface area contributed by atoms with E-state index in [1.807, 2.05) is 0 Å². The standard InChI is InChI=1S/C13H17N3O5/c1-7(2)11(13(18)19)15-9-6-8(12(17)14-3)4-5-10(9)16(20)21/h4-7,11,15H,1-3H3,(H,14,17)(H,18,19). The summed E-state index contributed by atoms with van der Waals surface area (Å²) in [5.41, 5.74) is -0.0738. The summed E-state index contributed by atoms with van der Waals surface area (Å²) in [6, 6.07) is 2.76. The third-order valence-electron chi connectivity index (χ3n) is 2.93. The van der Waals surface area contributed by atoms with Gasteiger partial charge in [-0.05, 0) is 18.1 Å². The van der Waals surface area contributed by atoms with E-state index in [4.69, 9.17) is 5.11 Å². The number of nitro benzene ring substituents is 1. The number of carbonyl (C=O) groups excluding carboxylic acids is 1. The van der Waals surface area contributed by atoms with Crippen molar-refractivity contribution >= 4 is 23.3 Å². The highest BCUT2D eigenvalue weighted by molar-refractivity contribution is 5.96. The quantitative estimate of drug-likeness (QED) is 0.539. The molecule has 1 rings (SSSR count). The molecule has 0 aliphatic carbocycles. The van der Waals surface area contributed by atoms with Crippen LogP contribution >= 0.6 is 0 Å². The molecule has 1 aromatic rings. The largest absolute Gasteiger partial charge is 0.480 e. The third-order valence-corrected chi connectivity index (χ3v) is 2.93. The Hall–Kier alpha value is -2.64. The van der Waals surface area contributed by atoms with Crippen molar-refractivity contribution in [2.75, 3.05) is 12.4 Å². The van der Waals surface area contributed by atoms with Crippen molar-refractivity contribution in [3.05, 3.63) is 33.9 Å². The molecule has 0 spiro atoms. The predicted molar refractivity (Wildman–Crippen MR) is 76.4 cm³/mol. The molecule has 1 aromatic carbocycles. The summed E-state index contributed by atoms with van der Waals surface area (Å²) in [6.07, 6.45) is 0. The maximum Gasteiger partial charge on any atom is 0.326 e. The van der Waals surface area contributed by atoms with Gasteiger partial charge in [0.25, 0.3) is 11.6 Å². The van der Waals surface area contributed by atoms with Gasteiger partial charge in [-0.15, -0.1) is 0 Å². The number of nitro groups is 1. The topological polar surface area (TPSA) is 122 Å². The summed E-state index contributed by atoms with van der Waals surface area (Å²) >= 11 is 0. The first-order valence-corrected chi connectivity index (χ1v) is 6.27. The molecular weight excluding hydrogens is 278 g/mol. The Morgan fingerprint density at radius 1 is 1.33 bits per heavy atom. The van der Waals surface area contributed by atoms with Gasteiger partial charge in [-0.1, -0.05) is 13.8 Å². The number of hydrogen-bond donors (Lipinski definition) is 3. The predicted octanol–water partition coefficient (Wildman–Crippen LogP) is 1.48. The summed E-state index contributed by atoms with van der Waals surface area (Å²) in [7, 11) is 1.44. The van der Waals surface area contributed by atoms with E-state index >= 15 is 0 Å². The fourth-order valence-electron chi connectivity index (χ4n) is 1.78. The minimum Gasteiger partial charge on any atom is -0.480 e. The van der Waals surface area contributed by atoms with Crippen LogP contribution in [0.4, 0.5) is 11.4 Å². The second-order valence-electron chi connectivity index (χ2n) is 4.77. The van der Waals surface area contributed by atoms with Crippen LogP contribution < -0.4 is 10.6 Å². The van der Waals surface area contributed by atoms with Gasteiger partial charge in [-0.2, -0.15) is 0 Å². The molecule has 0 aromatic heterocycles. The Bertz CT molecular complexity index is 571. The summed E-state index contributed by atoms with van der Waals surface area (Å²) in [5.74, 6) is -1.82. The normalized spacial score (nSPS) is 11.8. The average molecular weight is 295 g/mol. The van der Waals surface area contributed by atoms with Crippen LogP contribution in [0.25, 0.3) is 0 Å². The zero-order valence-electron chi connectivity index (χ0n) is 11.9. The van der Waals surface area contributed by atoms with Crippen LogP contribution in [0, 0.1) is 16.0 Å². The van der Waals surface area contributed by atoms with Crippen molar-refractivity contribution < 1.29 is 19.6 Å².